The van der Waals surface area contributed by atoms with Gasteiger partial charge in [0.1, 0.15) is 0 Å². The third kappa shape index (κ3) is 4.75. The highest BCUT2D eigenvalue weighted by Gasteiger charge is 2.20. The first kappa shape index (κ1) is 20.2. The van der Waals surface area contributed by atoms with Crippen molar-refractivity contribution in [2.75, 3.05) is 13.2 Å². The van der Waals surface area contributed by atoms with E-state index >= 15 is 0 Å². The smallest absolute Gasteiger partial charge is 0.273 e. The Hall–Kier alpha value is -3.09. The molecule has 1 amide bonds. The van der Waals surface area contributed by atoms with Crippen LogP contribution in [0.2, 0.25) is 0 Å². The minimum absolute atomic E-state index is 0.0741. The number of hydrogen-bond donors (Lipinski definition) is 1. The van der Waals surface area contributed by atoms with Gasteiger partial charge in [0.15, 0.2) is 11.5 Å². The summed E-state index contributed by atoms with van der Waals surface area (Å²) >= 11 is 0. The van der Waals surface area contributed by atoms with Crippen LogP contribution in [-0.4, -0.2) is 24.0 Å². The average Bonchev–Trinajstić information content (AvgIpc) is 2.63. The number of amides is 1. The second-order valence-electron chi connectivity index (χ2n) is 5.97. The van der Waals surface area contributed by atoms with Crippen molar-refractivity contribution in [3.05, 3.63) is 63.2 Å². The lowest BCUT2D eigenvalue weighted by molar-refractivity contribution is -0.385. The lowest BCUT2D eigenvalue weighted by Crippen LogP contribution is -2.27. The van der Waals surface area contributed by atoms with Crippen molar-refractivity contribution in [3.63, 3.8) is 0 Å². The Morgan fingerprint density at radius 3 is 2.44 bits per heavy atom. The summed E-state index contributed by atoms with van der Waals surface area (Å²) in [5, 5.41) is 14.0. The normalized spacial score (nSPS) is 11.6. The topological polar surface area (TPSA) is 90.7 Å². The molecule has 0 saturated heterocycles. The summed E-state index contributed by atoms with van der Waals surface area (Å²) in [5.74, 6) is 0.899. The van der Waals surface area contributed by atoms with Gasteiger partial charge in [-0.05, 0) is 51.5 Å². The highest BCUT2D eigenvalue weighted by molar-refractivity contribution is 5.96. The second-order valence-corrected chi connectivity index (χ2v) is 5.97. The van der Waals surface area contributed by atoms with E-state index in [1.54, 1.807) is 13.0 Å². The van der Waals surface area contributed by atoms with Crippen molar-refractivity contribution in [2.45, 2.75) is 33.7 Å². The van der Waals surface area contributed by atoms with E-state index in [1.807, 2.05) is 39.0 Å². The predicted octanol–water partition coefficient (Wildman–Crippen LogP) is 4.19. The Morgan fingerprint density at radius 1 is 1.15 bits per heavy atom. The van der Waals surface area contributed by atoms with Crippen LogP contribution in [-0.2, 0) is 0 Å². The standard InChI is InChI=1S/C20H24N2O5/c1-5-26-18-11-10-15(12-19(18)27-6-2)14(4)21-20(23)16-8-7-9-17(13(16)3)22(24)25/h7-12,14H,5-6H2,1-4H3,(H,21,23)/t14-/m0/s1. The van der Waals surface area contributed by atoms with Gasteiger partial charge in [0, 0.05) is 17.2 Å². The summed E-state index contributed by atoms with van der Waals surface area (Å²) in [6.45, 7) is 8.22. The van der Waals surface area contributed by atoms with Gasteiger partial charge in [-0.25, -0.2) is 0 Å². The molecule has 7 heteroatoms. The van der Waals surface area contributed by atoms with E-state index in [4.69, 9.17) is 9.47 Å². The number of carbonyl (C=O) groups is 1. The van der Waals surface area contributed by atoms with E-state index in [2.05, 4.69) is 5.32 Å². The number of hydrogen-bond acceptors (Lipinski definition) is 5. The summed E-state index contributed by atoms with van der Waals surface area (Å²) in [5.41, 5.74) is 1.40. The van der Waals surface area contributed by atoms with Gasteiger partial charge in [0.2, 0.25) is 0 Å². The van der Waals surface area contributed by atoms with Gasteiger partial charge in [-0.2, -0.15) is 0 Å². The largest absolute Gasteiger partial charge is 0.490 e. The third-order valence-electron chi connectivity index (χ3n) is 4.16. The maximum absolute atomic E-state index is 12.6. The van der Waals surface area contributed by atoms with Crippen molar-refractivity contribution >= 4 is 11.6 Å². The molecule has 0 spiro atoms. The first-order chi connectivity index (χ1) is 12.9. The maximum atomic E-state index is 12.6. The van der Waals surface area contributed by atoms with Crippen molar-refractivity contribution in [3.8, 4) is 11.5 Å². The zero-order valence-electron chi connectivity index (χ0n) is 15.9. The van der Waals surface area contributed by atoms with Crippen molar-refractivity contribution < 1.29 is 19.2 Å². The number of nitro benzene ring substituents is 1. The van der Waals surface area contributed by atoms with Crippen LogP contribution < -0.4 is 14.8 Å². The second kappa shape index (κ2) is 9.02. The monoisotopic (exact) mass is 372 g/mol. The van der Waals surface area contributed by atoms with E-state index in [1.165, 1.54) is 12.1 Å². The van der Waals surface area contributed by atoms with Gasteiger partial charge >= 0.3 is 0 Å². The third-order valence-corrected chi connectivity index (χ3v) is 4.16. The summed E-state index contributed by atoms with van der Waals surface area (Å²) in [4.78, 5) is 23.2. The molecule has 0 unspecified atom stereocenters. The van der Waals surface area contributed by atoms with E-state index in [-0.39, 0.29) is 23.2 Å². The molecular formula is C20H24N2O5. The highest BCUT2D eigenvalue weighted by atomic mass is 16.6. The molecule has 2 rings (SSSR count). The Bertz CT molecular complexity index is 835. The van der Waals surface area contributed by atoms with Crippen LogP contribution in [0.25, 0.3) is 0 Å². The van der Waals surface area contributed by atoms with Gasteiger partial charge in [0.05, 0.1) is 24.2 Å². The molecule has 0 heterocycles. The molecule has 2 aromatic carbocycles. The lowest BCUT2D eigenvalue weighted by atomic mass is 10.0. The fourth-order valence-corrected chi connectivity index (χ4v) is 2.76. The molecule has 0 aliphatic carbocycles. The molecule has 1 N–H and O–H groups in total. The van der Waals surface area contributed by atoms with Crippen LogP contribution in [0.4, 0.5) is 5.69 Å². The molecule has 0 bridgehead atoms. The number of carbonyl (C=O) groups excluding carboxylic acids is 1. The van der Waals surface area contributed by atoms with Gasteiger partial charge in [-0.15, -0.1) is 0 Å². The Balaban J connectivity index is 2.23. The number of ether oxygens (including phenoxy) is 2. The molecule has 1 atom stereocenters. The Morgan fingerprint density at radius 2 is 1.81 bits per heavy atom. The van der Waals surface area contributed by atoms with E-state index in [9.17, 15) is 14.9 Å². The predicted molar refractivity (Wildman–Crippen MR) is 102 cm³/mol. The SMILES string of the molecule is CCOc1ccc([C@H](C)NC(=O)c2cccc([N+](=O)[O-])c2C)cc1OCC. The lowest BCUT2D eigenvalue weighted by Gasteiger charge is -2.18. The fourth-order valence-electron chi connectivity index (χ4n) is 2.76. The van der Waals surface area contributed by atoms with Gasteiger partial charge in [0.25, 0.3) is 11.6 Å². The van der Waals surface area contributed by atoms with E-state index in [0.29, 0.717) is 30.3 Å². The summed E-state index contributed by atoms with van der Waals surface area (Å²) in [6, 6.07) is 9.66. The molecule has 0 saturated carbocycles. The molecule has 27 heavy (non-hydrogen) atoms. The molecule has 0 aliphatic rings. The molecule has 144 valence electrons. The molecule has 7 nitrogen and oxygen atoms in total. The molecule has 2 aromatic rings. The van der Waals surface area contributed by atoms with Gasteiger partial charge in [-0.1, -0.05) is 12.1 Å². The van der Waals surface area contributed by atoms with Crippen LogP contribution >= 0.6 is 0 Å². The Labute approximate surface area is 158 Å². The number of nitro groups is 1. The number of nitrogens with zero attached hydrogens (tertiary/aromatic N) is 1. The molecular weight excluding hydrogens is 348 g/mol. The molecule has 0 radical (unpaired) electrons. The van der Waals surface area contributed by atoms with Gasteiger partial charge in [-0.3, -0.25) is 14.9 Å². The van der Waals surface area contributed by atoms with Crippen LogP contribution in [0.5, 0.6) is 11.5 Å². The molecule has 0 aromatic heterocycles. The van der Waals surface area contributed by atoms with Crippen LogP contribution in [0.3, 0.4) is 0 Å². The minimum Gasteiger partial charge on any atom is -0.490 e. The Kier molecular flexibility index (Phi) is 6.76. The zero-order valence-corrected chi connectivity index (χ0v) is 15.9. The highest BCUT2D eigenvalue weighted by Crippen LogP contribution is 2.31. The van der Waals surface area contributed by atoms with Crippen LogP contribution in [0.1, 0.15) is 48.3 Å². The molecule has 0 aliphatic heterocycles. The minimum atomic E-state index is -0.490. The van der Waals surface area contributed by atoms with Gasteiger partial charge < -0.3 is 14.8 Å². The number of rotatable bonds is 8. The van der Waals surface area contributed by atoms with Crippen molar-refractivity contribution in [2.24, 2.45) is 0 Å². The quantitative estimate of drug-likeness (QED) is 0.554. The zero-order chi connectivity index (χ0) is 20.0. The average molecular weight is 372 g/mol. The van der Waals surface area contributed by atoms with Crippen molar-refractivity contribution in [1.29, 1.82) is 0 Å². The molecule has 0 fully saturated rings. The van der Waals surface area contributed by atoms with E-state index < -0.39 is 4.92 Å². The summed E-state index contributed by atoms with van der Waals surface area (Å²) in [7, 11) is 0. The summed E-state index contributed by atoms with van der Waals surface area (Å²) < 4.78 is 11.2. The van der Waals surface area contributed by atoms with E-state index in [0.717, 1.165) is 5.56 Å². The maximum Gasteiger partial charge on any atom is 0.273 e. The fraction of sp³-hybridized carbons (Fsp3) is 0.350. The first-order valence-electron chi connectivity index (χ1n) is 8.83. The number of nitrogens with one attached hydrogen (secondary N) is 1. The summed E-state index contributed by atoms with van der Waals surface area (Å²) in [6.07, 6.45) is 0. The van der Waals surface area contributed by atoms with Crippen LogP contribution in [0.15, 0.2) is 36.4 Å². The van der Waals surface area contributed by atoms with Crippen LogP contribution in [0, 0.1) is 17.0 Å². The van der Waals surface area contributed by atoms with Crippen molar-refractivity contribution in [1.82, 2.24) is 5.32 Å². The first-order valence-corrected chi connectivity index (χ1v) is 8.83. The number of benzene rings is 2.